The van der Waals surface area contributed by atoms with Gasteiger partial charge in [-0.15, -0.1) is 0 Å². The first-order chi connectivity index (χ1) is 13.9. The molecule has 0 radical (unpaired) electrons. The van der Waals surface area contributed by atoms with Gasteiger partial charge in [-0.2, -0.15) is 5.10 Å². The van der Waals surface area contributed by atoms with Crippen molar-refractivity contribution in [2.24, 2.45) is 24.3 Å². The first-order valence-corrected chi connectivity index (χ1v) is 11.0. The third-order valence-corrected chi connectivity index (χ3v) is 8.20. The lowest BCUT2D eigenvalue weighted by atomic mass is 9.55. The molecule has 1 aromatic carbocycles. The summed E-state index contributed by atoms with van der Waals surface area (Å²) in [5.74, 6) is 2.80. The van der Waals surface area contributed by atoms with E-state index in [1.165, 1.54) is 29.5 Å². The molecule has 3 aliphatic carbocycles. The number of rotatable bonds is 2. The Labute approximate surface area is 173 Å². The third kappa shape index (κ3) is 2.87. The summed E-state index contributed by atoms with van der Waals surface area (Å²) in [5.41, 5.74) is 6.36. The minimum atomic E-state index is -0.342. The van der Waals surface area contributed by atoms with E-state index in [2.05, 4.69) is 42.5 Å². The van der Waals surface area contributed by atoms with Crippen molar-refractivity contribution in [3.63, 3.8) is 0 Å². The smallest absolute Gasteiger partial charge is 0.119 e. The van der Waals surface area contributed by atoms with Crippen molar-refractivity contribution in [1.82, 2.24) is 9.78 Å². The van der Waals surface area contributed by atoms with Crippen LogP contribution in [0.15, 0.2) is 30.0 Å². The fourth-order valence-electron chi connectivity index (χ4n) is 6.64. The molecule has 4 nitrogen and oxygen atoms in total. The van der Waals surface area contributed by atoms with Gasteiger partial charge in [0.15, 0.2) is 0 Å². The Morgan fingerprint density at radius 1 is 1.31 bits per heavy atom. The number of ether oxygens (including phenoxy) is 1. The summed E-state index contributed by atoms with van der Waals surface area (Å²) in [7, 11) is 3.71. The average Bonchev–Trinajstić information content (AvgIpc) is 3.17. The van der Waals surface area contributed by atoms with Crippen molar-refractivity contribution in [3.8, 4) is 5.75 Å². The highest BCUT2D eigenvalue weighted by Crippen LogP contribution is 2.62. The summed E-state index contributed by atoms with van der Waals surface area (Å²) in [6.45, 7) is 4.38. The highest BCUT2D eigenvalue weighted by atomic mass is 16.5. The van der Waals surface area contributed by atoms with Crippen molar-refractivity contribution in [2.45, 2.75) is 58.0 Å². The number of aryl methyl sites for hydroxylation is 3. The number of benzene rings is 1. The molecule has 0 spiro atoms. The van der Waals surface area contributed by atoms with E-state index >= 15 is 0 Å². The van der Waals surface area contributed by atoms with Crippen LogP contribution in [0.1, 0.15) is 60.9 Å². The SMILES string of the molecule is COc1ccc2c(c1)CC[C@@H]1[C@@H]2CC[C@@]2(C)[C@@H]1C/C(=C\c1cn(C)nc1C)[C@@H]2O. The van der Waals surface area contributed by atoms with Crippen LogP contribution in [0.3, 0.4) is 0 Å². The number of aliphatic hydroxyl groups is 1. The molecule has 5 atom stereocenters. The number of aromatic nitrogens is 2. The number of hydrogen-bond acceptors (Lipinski definition) is 3. The van der Waals surface area contributed by atoms with E-state index in [9.17, 15) is 5.11 Å². The van der Waals surface area contributed by atoms with Crippen molar-refractivity contribution in [1.29, 1.82) is 0 Å². The fraction of sp³-hybridized carbons (Fsp3) is 0.560. The van der Waals surface area contributed by atoms with E-state index in [0.717, 1.165) is 36.3 Å². The number of hydrogen-bond donors (Lipinski definition) is 1. The molecule has 4 heteroatoms. The molecular formula is C25H32N2O2. The molecule has 2 aromatic rings. The van der Waals surface area contributed by atoms with Crippen LogP contribution < -0.4 is 4.74 Å². The van der Waals surface area contributed by atoms with E-state index in [0.29, 0.717) is 17.8 Å². The summed E-state index contributed by atoms with van der Waals surface area (Å²) < 4.78 is 7.31. The molecule has 2 saturated carbocycles. The van der Waals surface area contributed by atoms with Crippen LogP contribution in [0.2, 0.25) is 0 Å². The highest BCUT2D eigenvalue weighted by Gasteiger charge is 2.56. The zero-order valence-corrected chi connectivity index (χ0v) is 18.0. The lowest BCUT2D eigenvalue weighted by molar-refractivity contribution is -0.0158. The Morgan fingerprint density at radius 2 is 2.14 bits per heavy atom. The molecule has 1 N–H and O–H groups in total. The molecule has 2 fully saturated rings. The molecule has 3 aliphatic rings. The van der Waals surface area contributed by atoms with Gasteiger partial charge in [-0.1, -0.05) is 13.0 Å². The lowest BCUT2D eigenvalue weighted by Gasteiger charge is -2.49. The number of fused-ring (bicyclic) bond motifs is 5. The van der Waals surface area contributed by atoms with Crippen molar-refractivity contribution < 1.29 is 9.84 Å². The maximum absolute atomic E-state index is 11.3. The van der Waals surface area contributed by atoms with Crippen LogP contribution in [0.5, 0.6) is 5.75 Å². The summed E-state index contributed by atoms with van der Waals surface area (Å²) in [5, 5.41) is 15.8. The lowest BCUT2D eigenvalue weighted by Crippen LogP contribution is -2.44. The molecule has 0 unspecified atom stereocenters. The van der Waals surface area contributed by atoms with E-state index < -0.39 is 0 Å². The summed E-state index contributed by atoms with van der Waals surface area (Å²) in [6, 6.07) is 6.66. The van der Waals surface area contributed by atoms with Gasteiger partial charge in [0.25, 0.3) is 0 Å². The topological polar surface area (TPSA) is 47.3 Å². The molecule has 1 heterocycles. The second-order valence-electron chi connectivity index (χ2n) is 9.69. The summed E-state index contributed by atoms with van der Waals surface area (Å²) >= 11 is 0. The van der Waals surface area contributed by atoms with E-state index in [4.69, 9.17) is 4.74 Å². The predicted molar refractivity (Wildman–Crippen MR) is 115 cm³/mol. The molecule has 29 heavy (non-hydrogen) atoms. The van der Waals surface area contributed by atoms with Gasteiger partial charge in [-0.05, 0) is 91.7 Å². The number of aliphatic hydroxyl groups excluding tert-OH is 1. The summed E-state index contributed by atoms with van der Waals surface area (Å²) in [6.07, 6.45) is 9.56. The monoisotopic (exact) mass is 392 g/mol. The van der Waals surface area contributed by atoms with Crippen LogP contribution in [0, 0.1) is 24.2 Å². The fourth-order valence-corrected chi connectivity index (χ4v) is 6.64. The molecular weight excluding hydrogens is 360 g/mol. The summed E-state index contributed by atoms with van der Waals surface area (Å²) in [4.78, 5) is 0. The zero-order chi connectivity index (χ0) is 20.3. The number of nitrogens with zero attached hydrogens (tertiary/aromatic N) is 2. The van der Waals surface area contributed by atoms with Crippen molar-refractivity contribution in [2.75, 3.05) is 7.11 Å². The highest BCUT2D eigenvalue weighted by molar-refractivity contribution is 5.57. The Balaban J connectivity index is 1.47. The molecule has 1 aromatic heterocycles. The van der Waals surface area contributed by atoms with Gasteiger partial charge in [0.2, 0.25) is 0 Å². The first kappa shape index (κ1) is 18.9. The van der Waals surface area contributed by atoms with Crippen molar-refractivity contribution >= 4 is 6.08 Å². The largest absolute Gasteiger partial charge is 0.497 e. The second-order valence-corrected chi connectivity index (χ2v) is 9.69. The van der Waals surface area contributed by atoms with E-state index in [1.54, 1.807) is 7.11 Å². The quantitative estimate of drug-likeness (QED) is 0.809. The van der Waals surface area contributed by atoms with Crippen LogP contribution in [-0.2, 0) is 13.5 Å². The first-order valence-electron chi connectivity index (χ1n) is 11.0. The van der Waals surface area contributed by atoms with E-state index in [-0.39, 0.29) is 11.5 Å². The Hall–Kier alpha value is -2.07. The predicted octanol–water partition coefficient (Wildman–Crippen LogP) is 4.65. The number of methoxy groups -OCH3 is 1. The Morgan fingerprint density at radius 3 is 2.86 bits per heavy atom. The zero-order valence-electron chi connectivity index (χ0n) is 18.0. The van der Waals surface area contributed by atoms with Crippen molar-refractivity contribution in [3.05, 3.63) is 52.4 Å². The molecule has 0 bridgehead atoms. The van der Waals surface area contributed by atoms with Gasteiger partial charge >= 0.3 is 0 Å². The molecule has 5 rings (SSSR count). The van der Waals surface area contributed by atoms with Gasteiger partial charge in [-0.3, -0.25) is 4.68 Å². The standard InChI is InChI=1S/C25H32N2O2/c1-15-18(14-27(3)26-15)11-17-13-23-22-7-5-16-12-19(29-4)6-8-20(16)21(22)9-10-25(23,2)24(17)28/h6,8,11-12,14,21-24,28H,5,7,9-10,13H2,1-4H3/b17-11+/t21-,22-,23-,24+,25+/m1/s1. The molecule has 154 valence electrons. The van der Waals surface area contributed by atoms with E-state index in [1.807, 2.05) is 18.7 Å². The minimum Gasteiger partial charge on any atom is -0.497 e. The second kappa shape index (κ2) is 6.73. The normalized spacial score (nSPS) is 34.6. The van der Waals surface area contributed by atoms with Gasteiger partial charge in [0, 0.05) is 24.2 Å². The Kier molecular flexibility index (Phi) is 4.39. The third-order valence-electron chi connectivity index (χ3n) is 8.20. The minimum absolute atomic E-state index is 0.00686. The van der Waals surface area contributed by atoms with Crippen LogP contribution in [0.25, 0.3) is 6.08 Å². The molecule has 0 aliphatic heterocycles. The van der Waals surface area contributed by atoms with Crippen LogP contribution >= 0.6 is 0 Å². The van der Waals surface area contributed by atoms with Gasteiger partial charge in [0.05, 0.1) is 18.9 Å². The van der Waals surface area contributed by atoms with Crippen LogP contribution in [-0.4, -0.2) is 28.1 Å². The maximum atomic E-state index is 11.3. The maximum Gasteiger partial charge on any atom is 0.119 e. The van der Waals surface area contributed by atoms with Crippen LogP contribution in [0.4, 0.5) is 0 Å². The van der Waals surface area contributed by atoms with Gasteiger partial charge < -0.3 is 9.84 Å². The molecule has 0 saturated heterocycles. The van der Waals surface area contributed by atoms with Gasteiger partial charge in [-0.25, -0.2) is 0 Å². The molecule has 0 amide bonds. The Bertz CT molecular complexity index is 975. The van der Waals surface area contributed by atoms with Gasteiger partial charge in [0.1, 0.15) is 5.75 Å². The average molecular weight is 393 g/mol.